The molecule has 4 aromatic rings. The monoisotopic (exact) mass is 988 g/mol. The lowest BCUT2D eigenvalue weighted by Gasteiger charge is -2.22. The standard InChI is InChI=1S/C48H60O14S4/c1-5-37-45-38(6-1)64-40-8-3-10-42-47(40)61-35-31-57-27-23-53-19-15-50-14-18-52-22-26-56-30-34-60-46-39(63-37)7-2-9-41(46)65-43-11-4-12-44(66-42)48(43)62-36-32-58-28-24-54-20-16-49-13-17-51-21-25-55-29-33-59-45/h1-12H,13-36H2. The van der Waals surface area contributed by atoms with Crippen LogP contribution in [0.4, 0.5) is 0 Å². The maximum Gasteiger partial charge on any atom is 0.147 e. The molecule has 7 rings (SSSR count). The second-order valence-electron chi connectivity index (χ2n) is 14.3. The van der Waals surface area contributed by atoms with Gasteiger partial charge in [-0.3, -0.25) is 0 Å². The Hall–Kier alpha value is -2.92. The van der Waals surface area contributed by atoms with Gasteiger partial charge in [0.15, 0.2) is 0 Å². The Morgan fingerprint density at radius 1 is 0.197 bits per heavy atom. The highest BCUT2D eigenvalue weighted by molar-refractivity contribution is 8.01. The Bertz CT molecular complexity index is 1650. The van der Waals surface area contributed by atoms with Crippen LogP contribution in [0.3, 0.4) is 0 Å². The third kappa shape index (κ3) is 17.2. The Kier molecular flexibility index (Phi) is 23.6. The van der Waals surface area contributed by atoms with Crippen LogP contribution in [0.1, 0.15) is 0 Å². The molecule has 0 amide bonds. The van der Waals surface area contributed by atoms with Gasteiger partial charge in [-0.1, -0.05) is 71.3 Å². The van der Waals surface area contributed by atoms with Crippen molar-refractivity contribution in [1.82, 2.24) is 0 Å². The second-order valence-corrected chi connectivity index (χ2v) is 18.6. The molecule has 0 N–H and O–H groups in total. The van der Waals surface area contributed by atoms with Crippen molar-refractivity contribution >= 4 is 47.0 Å². The Morgan fingerprint density at radius 2 is 0.333 bits per heavy atom. The van der Waals surface area contributed by atoms with Gasteiger partial charge in [0, 0.05) is 0 Å². The number of ether oxygens (including phenoxy) is 14. The summed E-state index contributed by atoms with van der Waals surface area (Å²) >= 11 is 6.34. The largest absolute Gasteiger partial charge is 0.489 e. The number of rotatable bonds is 0. The molecule has 66 heavy (non-hydrogen) atoms. The predicted molar refractivity (Wildman–Crippen MR) is 252 cm³/mol. The molecule has 0 fully saturated rings. The van der Waals surface area contributed by atoms with Crippen LogP contribution in [-0.2, 0) is 47.4 Å². The van der Waals surface area contributed by atoms with Gasteiger partial charge in [-0.25, -0.2) is 0 Å². The number of hydrogen-bond acceptors (Lipinski definition) is 18. The quantitative estimate of drug-likeness (QED) is 0.147. The molecule has 3 aliphatic rings. The van der Waals surface area contributed by atoms with E-state index in [1.165, 1.54) is 0 Å². The molecule has 12 bridgehead atoms. The SMILES string of the molecule is c1cc2c3c(c1)Sc1cccc4c1OCCOCCOCCOCCOCCOCCOc1c(cccc1Sc1cccc(c1OCCOCCOCCOCCOCCOCCO3)S4)S2. The van der Waals surface area contributed by atoms with E-state index in [4.69, 9.17) is 66.3 Å². The van der Waals surface area contributed by atoms with Gasteiger partial charge < -0.3 is 66.3 Å². The summed E-state index contributed by atoms with van der Waals surface area (Å²) in [7, 11) is 0. The van der Waals surface area contributed by atoms with Crippen LogP contribution in [0.15, 0.2) is 112 Å². The Labute approximate surface area is 404 Å². The van der Waals surface area contributed by atoms with Crippen LogP contribution in [-0.4, -0.2) is 159 Å². The fraction of sp³-hybridized carbons (Fsp3) is 0.500. The first kappa shape index (κ1) is 50.9. The van der Waals surface area contributed by atoms with Crippen LogP contribution >= 0.6 is 47.0 Å². The lowest BCUT2D eigenvalue weighted by atomic mass is 10.3. The van der Waals surface area contributed by atoms with E-state index in [1.807, 2.05) is 0 Å². The first-order valence-electron chi connectivity index (χ1n) is 22.4. The fourth-order valence-corrected chi connectivity index (χ4v) is 10.9. The van der Waals surface area contributed by atoms with Crippen LogP contribution in [0.2, 0.25) is 0 Å². The first-order valence-corrected chi connectivity index (χ1v) is 25.6. The lowest BCUT2D eigenvalue weighted by Crippen LogP contribution is -2.15. The maximum absolute atomic E-state index is 6.69. The molecule has 4 aromatic carbocycles. The molecule has 18 heteroatoms. The molecular weight excluding hydrogens is 929 g/mol. The number of hydrogen-bond donors (Lipinski definition) is 0. The summed E-state index contributed by atoms with van der Waals surface area (Å²) in [6, 6.07) is 24.8. The lowest BCUT2D eigenvalue weighted by molar-refractivity contribution is -0.0143. The van der Waals surface area contributed by atoms with E-state index in [2.05, 4.69) is 72.8 Å². The number of para-hydroxylation sites is 4. The third-order valence-corrected chi connectivity index (χ3v) is 13.9. The van der Waals surface area contributed by atoms with Crippen molar-refractivity contribution in [1.29, 1.82) is 0 Å². The molecule has 0 spiro atoms. The van der Waals surface area contributed by atoms with Crippen LogP contribution < -0.4 is 18.9 Å². The summed E-state index contributed by atoms with van der Waals surface area (Å²) in [5, 5.41) is 0. The summed E-state index contributed by atoms with van der Waals surface area (Å²) in [6.45, 7) is 10.1. The molecule has 0 aromatic heterocycles. The van der Waals surface area contributed by atoms with Crippen molar-refractivity contribution in [2.24, 2.45) is 0 Å². The van der Waals surface area contributed by atoms with Gasteiger partial charge in [-0.15, -0.1) is 0 Å². The van der Waals surface area contributed by atoms with Crippen molar-refractivity contribution in [3.8, 4) is 23.0 Å². The van der Waals surface area contributed by atoms with Gasteiger partial charge in [-0.2, -0.15) is 0 Å². The highest BCUT2D eigenvalue weighted by atomic mass is 32.2. The van der Waals surface area contributed by atoms with Crippen molar-refractivity contribution in [2.45, 2.75) is 39.2 Å². The van der Waals surface area contributed by atoms with Crippen LogP contribution in [0, 0.1) is 0 Å². The van der Waals surface area contributed by atoms with Crippen molar-refractivity contribution in [3.63, 3.8) is 0 Å². The molecule has 14 nitrogen and oxygen atoms in total. The normalized spacial score (nSPS) is 19.5. The molecule has 0 aliphatic carbocycles. The topological polar surface area (TPSA) is 129 Å². The zero-order valence-corrected chi connectivity index (χ0v) is 40.5. The molecule has 3 heterocycles. The smallest absolute Gasteiger partial charge is 0.147 e. The van der Waals surface area contributed by atoms with Gasteiger partial charge >= 0.3 is 0 Å². The van der Waals surface area contributed by atoms with Crippen molar-refractivity contribution < 1.29 is 66.3 Å². The minimum Gasteiger partial charge on any atom is -0.489 e. The van der Waals surface area contributed by atoms with E-state index < -0.39 is 0 Å². The zero-order chi connectivity index (χ0) is 45.1. The molecule has 0 saturated heterocycles. The average Bonchev–Trinajstić information content (AvgIpc) is 3.32. The van der Waals surface area contributed by atoms with E-state index in [9.17, 15) is 0 Å². The summed E-state index contributed by atoms with van der Waals surface area (Å²) in [5.74, 6) is 2.93. The number of benzene rings is 4. The maximum atomic E-state index is 6.69. The molecule has 0 atom stereocenters. The van der Waals surface area contributed by atoms with E-state index in [-0.39, 0.29) is 0 Å². The summed E-state index contributed by atoms with van der Waals surface area (Å²) in [6.07, 6.45) is 0. The minimum atomic E-state index is 0.324. The average molecular weight is 989 g/mol. The van der Waals surface area contributed by atoms with E-state index >= 15 is 0 Å². The summed E-state index contributed by atoms with van der Waals surface area (Å²) in [4.78, 5) is 7.34. The molecule has 0 saturated carbocycles. The highest BCUT2D eigenvalue weighted by Gasteiger charge is 2.23. The minimum absolute atomic E-state index is 0.324. The van der Waals surface area contributed by atoms with Crippen LogP contribution in [0.25, 0.3) is 0 Å². The molecule has 360 valence electrons. The molecular formula is C48H60O14S4. The Balaban J connectivity index is 1.27. The van der Waals surface area contributed by atoms with E-state index in [0.717, 1.165) is 62.2 Å². The fourth-order valence-electron chi connectivity index (χ4n) is 6.44. The second kappa shape index (κ2) is 30.5. The van der Waals surface area contributed by atoms with Crippen LogP contribution in [0.5, 0.6) is 23.0 Å². The molecule has 0 radical (unpaired) electrons. The van der Waals surface area contributed by atoms with E-state index in [0.29, 0.717) is 159 Å². The van der Waals surface area contributed by atoms with Gasteiger partial charge in [0.2, 0.25) is 0 Å². The highest BCUT2D eigenvalue weighted by Crippen LogP contribution is 2.53. The zero-order valence-electron chi connectivity index (χ0n) is 37.2. The van der Waals surface area contributed by atoms with Gasteiger partial charge in [0.05, 0.1) is 171 Å². The third-order valence-electron chi connectivity index (χ3n) is 9.52. The van der Waals surface area contributed by atoms with E-state index in [1.54, 1.807) is 47.0 Å². The Morgan fingerprint density at radius 3 is 0.485 bits per heavy atom. The van der Waals surface area contributed by atoms with Gasteiger partial charge in [-0.05, 0) is 48.5 Å². The van der Waals surface area contributed by atoms with Gasteiger partial charge in [0.1, 0.15) is 49.4 Å². The predicted octanol–water partition coefficient (Wildman–Crippen LogP) is 8.31. The first-order chi connectivity index (χ1) is 32.8. The molecule has 3 aliphatic heterocycles. The molecule has 0 unspecified atom stereocenters. The summed E-state index contributed by atoms with van der Waals surface area (Å²) < 4.78 is 84.8. The van der Waals surface area contributed by atoms with Crippen molar-refractivity contribution in [2.75, 3.05) is 159 Å². The van der Waals surface area contributed by atoms with Gasteiger partial charge in [0.25, 0.3) is 0 Å². The summed E-state index contributed by atoms with van der Waals surface area (Å²) in [5.41, 5.74) is 0. The van der Waals surface area contributed by atoms with Crippen molar-refractivity contribution in [3.05, 3.63) is 72.8 Å².